The van der Waals surface area contributed by atoms with Gasteiger partial charge in [0.15, 0.2) is 0 Å². The van der Waals surface area contributed by atoms with Gasteiger partial charge in [0.25, 0.3) is 5.91 Å². The first-order valence-corrected chi connectivity index (χ1v) is 10.1. The average molecular weight is 367 g/mol. The SMILES string of the molecule is CCCCN1Cn2c(nc(C)c2-c2ccc(CN3CCNCC3)cc2)C1=O. The van der Waals surface area contributed by atoms with Crippen molar-refractivity contribution in [2.24, 2.45) is 0 Å². The molecule has 0 radical (unpaired) electrons. The number of nitrogens with one attached hydrogen (secondary N) is 1. The molecule has 3 heterocycles. The first-order chi connectivity index (χ1) is 13.2. The second kappa shape index (κ2) is 7.82. The summed E-state index contributed by atoms with van der Waals surface area (Å²) in [5.41, 5.74) is 4.48. The van der Waals surface area contributed by atoms with Gasteiger partial charge in [-0.1, -0.05) is 37.6 Å². The zero-order chi connectivity index (χ0) is 18.8. The summed E-state index contributed by atoms with van der Waals surface area (Å²) < 4.78 is 2.08. The van der Waals surface area contributed by atoms with Crippen molar-refractivity contribution in [2.45, 2.75) is 39.9 Å². The number of carbonyl (C=O) groups excluding carboxylic acids is 1. The van der Waals surface area contributed by atoms with Crippen LogP contribution >= 0.6 is 0 Å². The second-order valence-corrected chi connectivity index (χ2v) is 7.58. The van der Waals surface area contributed by atoms with Crippen LogP contribution in [0.1, 0.15) is 41.6 Å². The van der Waals surface area contributed by atoms with Crippen LogP contribution in [0.3, 0.4) is 0 Å². The summed E-state index contributed by atoms with van der Waals surface area (Å²) in [4.78, 5) is 21.6. The molecule has 0 atom stereocenters. The van der Waals surface area contributed by atoms with E-state index >= 15 is 0 Å². The number of aromatic nitrogens is 2. The van der Waals surface area contributed by atoms with Gasteiger partial charge < -0.3 is 14.8 Å². The number of nitrogens with zero attached hydrogens (tertiary/aromatic N) is 4. The van der Waals surface area contributed by atoms with E-state index in [0.29, 0.717) is 12.5 Å². The predicted molar refractivity (Wildman–Crippen MR) is 106 cm³/mol. The summed E-state index contributed by atoms with van der Waals surface area (Å²) in [6.45, 7) is 10.9. The van der Waals surface area contributed by atoms with E-state index < -0.39 is 0 Å². The van der Waals surface area contributed by atoms with Crippen molar-refractivity contribution < 1.29 is 4.79 Å². The average Bonchev–Trinajstić information content (AvgIpc) is 3.16. The molecule has 0 bridgehead atoms. The lowest BCUT2D eigenvalue weighted by atomic mass is 10.1. The minimum atomic E-state index is 0.0631. The molecule has 2 aliphatic rings. The molecule has 2 aromatic rings. The van der Waals surface area contributed by atoms with Crippen molar-refractivity contribution in [3.05, 3.63) is 41.3 Å². The molecule has 1 saturated heterocycles. The highest BCUT2D eigenvalue weighted by Gasteiger charge is 2.32. The molecular weight excluding hydrogens is 338 g/mol. The van der Waals surface area contributed by atoms with Crippen LogP contribution in [0.25, 0.3) is 11.3 Å². The molecule has 1 N–H and O–H groups in total. The fraction of sp³-hybridized carbons (Fsp3) is 0.524. The van der Waals surface area contributed by atoms with Gasteiger partial charge >= 0.3 is 0 Å². The number of amides is 1. The van der Waals surface area contributed by atoms with Crippen molar-refractivity contribution in [2.75, 3.05) is 32.7 Å². The van der Waals surface area contributed by atoms with Crippen molar-refractivity contribution >= 4 is 5.91 Å². The molecule has 0 spiro atoms. The van der Waals surface area contributed by atoms with E-state index in [-0.39, 0.29) is 5.91 Å². The van der Waals surface area contributed by atoms with Gasteiger partial charge in [-0.05, 0) is 18.9 Å². The molecule has 144 valence electrons. The van der Waals surface area contributed by atoms with Crippen LogP contribution in [-0.2, 0) is 13.2 Å². The van der Waals surface area contributed by atoms with Crippen LogP contribution in [0.4, 0.5) is 0 Å². The monoisotopic (exact) mass is 367 g/mol. The normalized spacial score (nSPS) is 17.6. The third-order valence-electron chi connectivity index (χ3n) is 5.56. The highest BCUT2D eigenvalue weighted by molar-refractivity contribution is 5.94. The molecule has 0 aliphatic carbocycles. The Kier molecular flexibility index (Phi) is 5.27. The highest BCUT2D eigenvalue weighted by atomic mass is 16.2. The molecule has 0 saturated carbocycles. The van der Waals surface area contributed by atoms with E-state index in [1.807, 2.05) is 11.8 Å². The maximum Gasteiger partial charge on any atom is 0.291 e. The lowest BCUT2D eigenvalue weighted by molar-refractivity contribution is 0.0763. The van der Waals surface area contributed by atoms with Gasteiger partial charge in [0.1, 0.15) is 0 Å². The molecule has 1 fully saturated rings. The molecule has 4 rings (SSSR count). The van der Waals surface area contributed by atoms with Gasteiger partial charge in [-0.25, -0.2) is 4.98 Å². The summed E-state index contributed by atoms with van der Waals surface area (Å²) >= 11 is 0. The number of unbranched alkanes of at least 4 members (excludes halogenated alkanes) is 1. The number of benzene rings is 1. The lowest BCUT2D eigenvalue weighted by Gasteiger charge is -2.27. The van der Waals surface area contributed by atoms with Crippen molar-refractivity contribution in [1.29, 1.82) is 0 Å². The smallest absolute Gasteiger partial charge is 0.291 e. The first kappa shape index (κ1) is 18.2. The highest BCUT2D eigenvalue weighted by Crippen LogP contribution is 2.29. The van der Waals surface area contributed by atoms with Crippen LogP contribution in [0, 0.1) is 6.92 Å². The summed E-state index contributed by atoms with van der Waals surface area (Å²) in [5, 5.41) is 3.40. The third kappa shape index (κ3) is 3.64. The molecule has 1 aromatic carbocycles. The Bertz CT molecular complexity index is 805. The van der Waals surface area contributed by atoms with Gasteiger partial charge in [-0.15, -0.1) is 0 Å². The molecule has 27 heavy (non-hydrogen) atoms. The van der Waals surface area contributed by atoms with Crippen LogP contribution in [0.15, 0.2) is 24.3 Å². The number of fused-ring (bicyclic) bond motifs is 1. The van der Waals surface area contributed by atoms with Gasteiger partial charge in [0.2, 0.25) is 5.82 Å². The zero-order valence-corrected chi connectivity index (χ0v) is 16.4. The summed E-state index contributed by atoms with van der Waals surface area (Å²) in [5.74, 6) is 0.650. The van der Waals surface area contributed by atoms with Crippen molar-refractivity contribution in [3.63, 3.8) is 0 Å². The van der Waals surface area contributed by atoms with Crippen LogP contribution in [0.2, 0.25) is 0 Å². The minimum Gasteiger partial charge on any atom is -0.318 e. The van der Waals surface area contributed by atoms with E-state index in [2.05, 4.69) is 51.0 Å². The number of rotatable bonds is 6. The van der Waals surface area contributed by atoms with Gasteiger partial charge in [0, 0.05) is 44.8 Å². The van der Waals surface area contributed by atoms with E-state index in [1.165, 1.54) is 5.56 Å². The molecule has 6 nitrogen and oxygen atoms in total. The third-order valence-corrected chi connectivity index (χ3v) is 5.56. The van der Waals surface area contributed by atoms with E-state index in [9.17, 15) is 4.79 Å². The van der Waals surface area contributed by atoms with E-state index in [0.717, 1.165) is 69.1 Å². The largest absolute Gasteiger partial charge is 0.318 e. The topological polar surface area (TPSA) is 53.4 Å². The Morgan fingerprint density at radius 2 is 1.89 bits per heavy atom. The second-order valence-electron chi connectivity index (χ2n) is 7.58. The molecule has 6 heteroatoms. The molecule has 1 aromatic heterocycles. The Balaban J connectivity index is 1.53. The van der Waals surface area contributed by atoms with Crippen LogP contribution < -0.4 is 5.32 Å². The fourth-order valence-electron chi connectivity index (χ4n) is 4.03. The predicted octanol–water partition coefficient (Wildman–Crippen LogP) is 2.48. The minimum absolute atomic E-state index is 0.0631. The first-order valence-electron chi connectivity index (χ1n) is 10.1. The number of imidazole rings is 1. The Morgan fingerprint density at radius 3 is 2.59 bits per heavy atom. The molecule has 0 unspecified atom stereocenters. The maximum atomic E-state index is 12.6. The fourth-order valence-corrected chi connectivity index (χ4v) is 4.03. The van der Waals surface area contributed by atoms with E-state index in [4.69, 9.17) is 0 Å². The lowest BCUT2D eigenvalue weighted by Crippen LogP contribution is -2.42. The van der Waals surface area contributed by atoms with Crippen LogP contribution in [0.5, 0.6) is 0 Å². The number of hydrogen-bond acceptors (Lipinski definition) is 4. The maximum absolute atomic E-state index is 12.6. The molecule has 2 aliphatic heterocycles. The van der Waals surface area contributed by atoms with Crippen molar-refractivity contribution in [3.8, 4) is 11.3 Å². The summed E-state index contributed by atoms with van der Waals surface area (Å²) in [6.07, 6.45) is 2.12. The number of piperazine rings is 1. The van der Waals surface area contributed by atoms with Crippen molar-refractivity contribution in [1.82, 2.24) is 24.7 Å². The quantitative estimate of drug-likeness (QED) is 0.852. The Labute approximate surface area is 161 Å². The Morgan fingerprint density at radius 1 is 1.15 bits per heavy atom. The molecular formula is C21H29N5O. The van der Waals surface area contributed by atoms with Gasteiger partial charge in [-0.2, -0.15) is 0 Å². The van der Waals surface area contributed by atoms with Gasteiger partial charge in [0.05, 0.1) is 18.1 Å². The Hall–Kier alpha value is -2.18. The van der Waals surface area contributed by atoms with Gasteiger partial charge in [-0.3, -0.25) is 9.69 Å². The van der Waals surface area contributed by atoms with E-state index in [1.54, 1.807) is 0 Å². The van der Waals surface area contributed by atoms with Crippen LogP contribution in [-0.4, -0.2) is 58.0 Å². The number of hydrogen-bond donors (Lipinski definition) is 1. The zero-order valence-electron chi connectivity index (χ0n) is 16.4. The molecule has 1 amide bonds. The standard InChI is InChI=1S/C21H29N5O/c1-3-4-11-25-15-26-19(16(2)23-20(26)21(25)27)18-7-5-17(6-8-18)14-24-12-9-22-10-13-24/h5-8,22H,3-4,9-15H2,1-2H3. The summed E-state index contributed by atoms with van der Waals surface area (Å²) in [7, 11) is 0. The summed E-state index contributed by atoms with van der Waals surface area (Å²) in [6, 6.07) is 8.77. The number of aryl methyl sites for hydroxylation is 1. The number of carbonyl (C=O) groups is 1.